The van der Waals surface area contributed by atoms with Crippen LogP contribution in [-0.2, 0) is 10.0 Å². The molecule has 7 nitrogen and oxygen atoms in total. The molecule has 1 aliphatic rings. The van der Waals surface area contributed by atoms with E-state index < -0.39 is 22.0 Å². The van der Waals surface area contributed by atoms with Gasteiger partial charge in [-0.25, -0.2) is 12.7 Å². The van der Waals surface area contributed by atoms with Gasteiger partial charge in [0, 0.05) is 16.8 Å². The van der Waals surface area contributed by atoms with Crippen molar-refractivity contribution in [3.05, 3.63) is 191 Å². The highest BCUT2D eigenvalue weighted by molar-refractivity contribution is 7.93. The Labute approximate surface area is 279 Å². The average molecular weight is 650 g/mol. The fraction of sp³-hybridized carbons (Fsp3) is 0.0250. The topological polar surface area (TPSA) is 113 Å². The molecule has 236 valence electrons. The molecule has 1 heterocycles. The number of carbonyl (C=O) groups excluding carboxylic acids is 1. The van der Waals surface area contributed by atoms with Crippen molar-refractivity contribution >= 4 is 38.6 Å². The highest BCUT2D eigenvalue weighted by Crippen LogP contribution is 2.47. The molecule has 0 saturated heterocycles. The number of anilines is 2. The summed E-state index contributed by atoms with van der Waals surface area (Å²) in [4.78, 5) is 13.6. The number of amides is 1. The molecule has 0 saturated carbocycles. The number of nitrogens with one attached hydrogen (secondary N) is 1. The number of sulfonamides is 1. The minimum atomic E-state index is -4.23. The van der Waals surface area contributed by atoms with Crippen LogP contribution in [-0.4, -0.2) is 19.4 Å². The van der Waals surface area contributed by atoms with Gasteiger partial charge in [0.2, 0.25) is 0 Å². The van der Waals surface area contributed by atoms with Gasteiger partial charge in [-0.3, -0.25) is 4.79 Å². The Balaban J connectivity index is 1.48. The molecule has 6 aromatic rings. The number of carbonyl (C=O) groups is 1. The van der Waals surface area contributed by atoms with Gasteiger partial charge in [-0.05, 0) is 64.7 Å². The van der Waals surface area contributed by atoms with Gasteiger partial charge in [-0.1, -0.05) is 115 Å². The molecule has 1 atom stereocenters. The summed E-state index contributed by atoms with van der Waals surface area (Å²) < 4.78 is 31.4. The lowest BCUT2D eigenvalue weighted by Gasteiger charge is -2.35. The summed E-state index contributed by atoms with van der Waals surface area (Å²) in [6.07, 6.45) is 0. The zero-order valence-corrected chi connectivity index (χ0v) is 26.5. The number of phenolic OH excluding ortho intramolecular Hbond substituents is 1. The summed E-state index contributed by atoms with van der Waals surface area (Å²) in [6, 6.07) is 46.1. The lowest BCUT2D eigenvalue weighted by Crippen LogP contribution is -2.35. The first-order valence-electron chi connectivity index (χ1n) is 15.4. The van der Waals surface area contributed by atoms with Crippen molar-refractivity contribution in [2.24, 2.45) is 0 Å². The highest BCUT2D eigenvalue weighted by atomic mass is 32.2. The third-order valence-electron chi connectivity index (χ3n) is 8.36. The molecule has 7 rings (SSSR count). The third-order valence-corrected chi connectivity index (χ3v) is 10.1. The zero-order chi connectivity index (χ0) is 33.3. The first kappa shape index (κ1) is 30.5. The van der Waals surface area contributed by atoms with Crippen molar-refractivity contribution in [1.82, 2.24) is 5.32 Å². The molecule has 0 aliphatic carbocycles. The van der Waals surface area contributed by atoms with Crippen LogP contribution in [0.25, 0.3) is 11.3 Å². The van der Waals surface area contributed by atoms with E-state index in [4.69, 9.17) is 5.73 Å². The highest BCUT2D eigenvalue weighted by Gasteiger charge is 2.39. The van der Waals surface area contributed by atoms with E-state index in [9.17, 15) is 18.3 Å². The van der Waals surface area contributed by atoms with Crippen LogP contribution in [0.4, 0.5) is 11.4 Å². The summed E-state index contributed by atoms with van der Waals surface area (Å²) in [7, 11) is -4.23. The quantitative estimate of drug-likeness (QED) is 0.154. The maximum Gasteiger partial charge on any atom is 0.269 e. The number of nitrogens with two attached hydrogens (primary N) is 1. The molecule has 1 amide bonds. The van der Waals surface area contributed by atoms with Gasteiger partial charge in [-0.15, -0.1) is 0 Å². The smallest absolute Gasteiger partial charge is 0.269 e. The van der Waals surface area contributed by atoms with E-state index in [-0.39, 0.29) is 16.2 Å². The SMILES string of the molecule is Nc1ccc(N2C(c3ccccc3)=C(c3ccccc3)c3ccc(C(NC(=O)c4ccccc4O)c4ccccc4)cc3S2(=O)=O)cc1. The van der Waals surface area contributed by atoms with E-state index in [0.717, 1.165) is 22.3 Å². The number of nitrogen functional groups attached to an aromatic ring is 1. The van der Waals surface area contributed by atoms with Gasteiger partial charge in [0.15, 0.2) is 0 Å². The van der Waals surface area contributed by atoms with Crippen molar-refractivity contribution < 1.29 is 18.3 Å². The largest absolute Gasteiger partial charge is 0.507 e. The Morgan fingerprint density at radius 2 is 1.25 bits per heavy atom. The molecule has 6 aromatic carbocycles. The van der Waals surface area contributed by atoms with Crippen LogP contribution in [0.15, 0.2) is 163 Å². The fourth-order valence-electron chi connectivity index (χ4n) is 6.10. The molecule has 0 aromatic heterocycles. The first-order valence-corrected chi connectivity index (χ1v) is 16.8. The van der Waals surface area contributed by atoms with Crippen LogP contribution in [0.1, 0.15) is 44.2 Å². The van der Waals surface area contributed by atoms with Crippen LogP contribution in [0.5, 0.6) is 5.75 Å². The van der Waals surface area contributed by atoms with Gasteiger partial charge in [0.1, 0.15) is 5.75 Å². The number of hydrogen-bond donors (Lipinski definition) is 3. The molecular weight excluding hydrogens is 619 g/mol. The lowest BCUT2D eigenvalue weighted by atomic mass is 9.90. The Morgan fingerprint density at radius 1 is 0.667 bits per heavy atom. The molecule has 8 heteroatoms. The van der Waals surface area contributed by atoms with Crippen LogP contribution in [0.3, 0.4) is 0 Å². The van der Waals surface area contributed by atoms with Gasteiger partial charge in [0.05, 0.1) is 27.9 Å². The van der Waals surface area contributed by atoms with E-state index in [1.807, 2.05) is 103 Å². The number of benzene rings is 6. The minimum absolute atomic E-state index is 0.0908. The molecule has 0 fully saturated rings. The minimum Gasteiger partial charge on any atom is -0.507 e. The van der Waals surface area contributed by atoms with Gasteiger partial charge in [0.25, 0.3) is 15.9 Å². The summed E-state index contributed by atoms with van der Waals surface area (Å²) in [5.41, 5.74) is 11.7. The standard InChI is InChI=1S/C40H31N3O4S/c41-31-21-23-32(24-22-31)43-39(29-16-8-3-9-17-29)37(27-12-4-1-5-13-27)34-25-20-30(26-36(34)48(43,46)47)38(28-14-6-2-7-15-28)42-40(45)33-18-10-11-19-35(33)44/h1-26,38,44H,41H2,(H,42,45). The number of phenols is 1. The maximum absolute atomic E-state index is 15.0. The van der Waals surface area contributed by atoms with Crippen molar-refractivity contribution in [2.45, 2.75) is 10.9 Å². The van der Waals surface area contributed by atoms with E-state index >= 15 is 0 Å². The normalized spacial score (nSPS) is 14.2. The summed E-state index contributed by atoms with van der Waals surface area (Å²) >= 11 is 0. The molecular formula is C40H31N3O4S. The van der Waals surface area contributed by atoms with E-state index in [2.05, 4.69) is 5.32 Å². The molecule has 4 N–H and O–H groups in total. The van der Waals surface area contributed by atoms with Gasteiger partial charge >= 0.3 is 0 Å². The Bertz CT molecular complexity index is 2260. The third kappa shape index (κ3) is 5.59. The van der Waals surface area contributed by atoms with E-state index in [1.165, 1.54) is 16.4 Å². The molecule has 0 spiro atoms. The van der Waals surface area contributed by atoms with Crippen molar-refractivity contribution in [3.8, 4) is 5.75 Å². The van der Waals surface area contributed by atoms with Crippen molar-refractivity contribution in [2.75, 3.05) is 10.0 Å². The van der Waals surface area contributed by atoms with Gasteiger partial charge < -0.3 is 16.2 Å². The second-order valence-corrected chi connectivity index (χ2v) is 13.2. The van der Waals surface area contributed by atoms with Crippen LogP contribution in [0, 0.1) is 0 Å². The summed E-state index contributed by atoms with van der Waals surface area (Å²) in [5.74, 6) is -0.651. The summed E-state index contributed by atoms with van der Waals surface area (Å²) in [6.45, 7) is 0. The number of aromatic hydroxyl groups is 1. The summed E-state index contributed by atoms with van der Waals surface area (Å²) in [5, 5.41) is 13.4. The predicted octanol–water partition coefficient (Wildman–Crippen LogP) is 7.62. The predicted molar refractivity (Wildman–Crippen MR) is 190 cm³/mol. The molecule has 1 aliphatic heterocycles. The molecule has 0 bridgehead atoms. The maximum atomic E-state index is 15.0. The number of nitrogens with zero attached hydrogens (tertiary/aromatic N) is 1. The monoisotopic (exact) mass is 649 g/mol. The molecule has 1 unspecified atom stereocenters. The van der Waals surface area contributed by atoms with E-state index in [1.54, 1.807) is 42.5 Å². The number of hydrogen-bond acceptors (Lipinski definition) is 5. The Hall–Kier alpha value is -6.12. The number of fused-ring (bicyclic) bond motifs is 1. The fourth-order valence-corrected chi connectivity index (χ4v) is 7.86. The number of rotatable bonds is 7. The lowest BCUT2D eigenvalue weighted by molar-refractivity contribution is 0.0940. The van der Waals surface area contributed by atoms with Gasteiger partial charge in [-0.2, -0.15) is 0 Å². The van der Waals surface area contributed by atoms with Crippen molar-refractivity contribution in [1.29, 1.82) is 0 Å². The van der Waals surface area contributed by atoms with E-state index in [0.29, 0.717) is 28.2 Å². The zero-order valence-electron chi connectivity index (χ0n) is 25.7. The second kappa shape index (κ2) is 12.6. The van der Waals surface area contributed by atoms with Crippen molar-refractivity contribution in [3.63, 3.8) is 0 Å². The molecule has 0 radical (unpaired) electrons. The molecule has 48 heavy (non-hydrogen) atoms. The first-order chi connectivity index (χ1) is 23.3. The van der Waals surface area contributed by atoms with Crippen LogP contribution < -0.4 is 15.4 Å². The Kier molecular flexibility index (Phi) is 8.00. The number of para-hydroxylation sites is 1. The van der Waals surface area contributed by atoms with Crippen LogP contribution >= 0.6 is 0 Å². The second-order valence-electron chi connectivity index (χ2n) is 11.4. The Morgan fingerprint density at radius 3 is 1.90 bits per heavy atom. The average Bonchev–Trinajstić information content (AvgIpc) is 3.12. The van der Waals surface area contributed by atoms with Crippen LogP contribution in [0.2, 0.25) is 0 Å².